The van der Waals surface area contributed by atoms with Crippen LogP contribution >= 0.6 is 0 Å². The molecule has 0 saturated carbocycles. The second kappa shape index (κ2) is 6.45. The van der Waals surface area contributed by atoms with Gasteiger partial charge in [0.1, 0.15) is 5.52 Å². The fourth-order valence-electron chi connectivity index (χ4n) is 2.71. The summed E-state index contributed by atoms with van der Waals surface area (Å²) < 4.78 is 15.7. The molecule has 1 aliphatic rings. The molecule has 1 aromatic heterocycles. The van der Waals surface area contributed by atoms with Gasteiger partial charge in [0.2, 0.25) is 12.7 Å². The number of amides is 1. The highest BCUT2D eigenvalue weighted by Gasteiger charge is 2.22. The summed E-state index contributed by atoms with van der Waals surface area (Å²) in [5, 5.41) is 13.9. The van der Waals surface area contributed by atoms with Crippen LogP contribution in [0.4, 0.5) is 11.4 Å². The normalized spacial score (nSPS) is 12.6. The Kier molecular flexibility index (Phi) is 3.96. The molecule has 2 heterocycles. The minimum atomic E-state index is -0.541. The quantitative estimate of drug-likeness (QED) is 0.426. The molecule has 0 fully saturated rings. The van der Waals surface area contributed by atoms with Gasteiger partial charge < -0.3 is 19.2 Å². The molecule has 9 nitrogen and oxygen atoms in total. The Hall–Kier alpha value is -3.88. The molecule has 1 N–H and O–H groups in total. The van der Waals surface area contributed by atoms with Crippen LogP contribution in [0.5, 0.6) is 11.5 Å². The number of nitro benzene ring substituents is 1. The van der Waals surface area contributed by atoms with Crippen molar-refractivity contribution in [3.8, 4) is 11.5 Å². The predicted octanol–water partition coefficient (Wildman–Crippen LogP) is 3.43. The Morgan fingerprint density at radius 2 is 2.04 bits per heavy atom. The van der Waals surface area contributed by atoms with E-state index in [2.05, 4.69) is 10.3 Å². The number of aryl methyl sites for hydroxylation is 1. The summed E-state index contributed by atoms with van der Waals surface area (Å²) in [5.74, 6) is 0.789. The predicted molar refractivity (Wildman–Crippen MR) is 95.6 cm³/mol. The monoisotopic (exact) mass is 367 g/mol. The molecule has 0 saturated heterocycles. The number of benzene rings is 2. The van der Waals surface area contributed by atoms with Gasteiger partial charge in [-0.1, -0.05) is 0 Å². The van der Waals surface area contributed by atoms with Gasteiger partial charge in [-0.15, -0.1) is 0 Å². The maximum absolute atomic E-state index is 12.2. The lowest BCUT2D eigenvalue weighted by Crippen LogP contribution is -2.07. The fraction of sp³-hybridized carbons (Fsp3) is 0.111. The summed E-state index contributed by atoms with van der Waals surface area (Å²) in [5.41, 5.74) is 1.84. The van der Waals surface area contributed by atoms with Crippen LogP contribution in [0.15, 0.2) is 40.8 Å². The van der Waals surface area contributed by atoms with Gasteiger partial charge in [0.25, 0.3) is 5.69 Å². The third kappa shape index (κ3) is 3.30. The summed E-state index contributed by atoms with van der Waals surface area (Å²) in [4.78, 5) is 27.1. The van der Waals surface area contributed by atoms with E-state index in [1.165, 1.54) is 24.3 Å². The number of ether oxygens (including phenoxy) is 2. The summed E-state index contributed by atoms with van der Waals surface area (Å²) in [7, 11) is 0. The zero-order valence-corrected chi connectivity index (χ0v) is 14.1. The summed E-state index contributed by atoms with van der Waals surface area (Å²) >= 11 is 0. The van der Waals surface area contributed by atoms with Gasteiger partial charge in [-0.2, -0.15) is 0 Å². The molecule has 0 bridgehead atoms. The van der Waals surface area contributed by atoms with Gasteiger partial charge in [0, 0.05) is 18.7 Å². The number of rotatable bonds is 4. The number of hydrogen-bond acceptors (Lipinski definition) is 7. The summed E-state index contributed by atoms with van der Waals surface area (Å²) in [6.45, 7) is 1.74. The Labute approximate surface area is 152 Å². The number of nitro groups is 1. The summed E-state index contributed by atoms with van der Waals surface area (Å²) in [6.07, 6.45) is 2.57. The van der Waals surface area contributed by atoms with Crippen molar-refractivity contribution < 1.29 is 23.6 Å². The molecule has 1 amide bonds. The molecule has 2 aromatic carbocycles. The van der Waals surface area contributed by atoms with Crippen LogP contribution < -0.4 is 14.8 Å². The average Bonchev–Trinajstić information content (AvgIpc) is 3.23. The number of nitrogens with one attached hydrogen (secondary N) is 1. The minimum Gasteiger partial charge on any atom is -0.454 e. The second-order valence-corrected chi connectivity index (χ2v) is 5.76. The number of oxazole rings is 1. The molecule has 0 aliphatic carbocycles. The SMILES string of the molecule is Cc1nc2cc(NC(=O)C=Cc3cc4c(cc3[N+](=O)[O-])OCO4)ccc2o1. The number of fused-ring (bicyclic) bond motifs is 2. The van der Waals surface area contributed by atoms with E-state index in [0.29, 0.717) is 34.2 Å². The number of carbonyl (C=O) groups excluding carboxylic acids is 1. The fourth-order valence-corrected chi connectivity index (χ4v) is 2.71. The van der Waals surface area contributed by atoms with E-state index >= 15 is 0 Å². The van der Waals surface area contributed by atoms with Crippen LogP contribution in [-0.4, -0.2) is 22.6 Å². The highest BCUT2D eigenvalue weighted by molar-refractivity contribution is 6.03. The first-order chi connectivity index (χ1) is 13.0. The lowest BCUT2D eigenvalue weighted by atomic mass is 10.1. The van der Waals surface area contributed by atoms with E-state index in [4.69, 9.17) is 13.9 Å². The highest BCUT2D eigenvalue weighted by atomic mass is 16.7. The molecule has 1 aliphatic heterocycles. The van der Waals surface area contributed by atoms with Gasteiger partial charge in [-0.05, 0) is 30.3 Å². The first kappa shape index (κ1) is 16.6. The largest absolute Gasteiger partial charge is 0.454 e. The van der Waals surface area contributed by atoms with Gasteiger partial charge in [0.15, 0.2) is 23.0 Å². The number of anilines is 1. The van der Waals surface area contributed by atoms with E-state index in [0.717, 1.165) is 0 Å². The summed E-state index contributed by atoms with van der Waals surface area (Å²) in [6, 6.07) is 7.81. The number of carbonyl (C=O) groups is 1. The van der Waals surface area contributed by atoms with E-state index in [9.17, 15) is 14.9 Å². The lowest BCUT2D eigenvalue weighted by molar-refractivity contribution is -0.385. The van der Waals surface area contributed by atoms with Crippen LogP contribution in [0.2, 0.25) is 0 Å². The van der Waals surface area contributed by atoms with Gasteiger partial charge in [-0.3, -0.25) is 14.9 Å². The van der Waals surface area contributed by atoms with Gasteiger partial charge in [-0.25, -0.2) is 4.98 Å². The Morgan fingerprint density at radius 1 is 1.26 bits per heavy atom. The first-order valence-corrected chi connectivity index (χ1v) is 7.94. The Balaban J connectivity index is 1.55. The van der Waals surface area contributed by atoms with Crippen molar-refractivity contribution in [1.29, 1.82) is 0 Å². The molecule has 0 spiro atoms. The smallest absolute Gasteiger partial charge is 0.280 e. The maximum atomic E-state index is 12.2. The minimum absolute atomic E-state index is 0.00411. The molecule has 9 heteroatoms. The molecule has 136 valence electrons. The molecule has 0 unspecified atom stereocenters. The van der Waals surface area contributed by atoms with Gasteiger partial charge >= 0.3 is 0 Å². The van der Waals surface area contributed by atoms with E-state index < -0.39 is 10.8 Å². The number of aromatic nitrogens is 1. The highest BCUT2D eigenvalue weighted by Crippen LogP contribution is 2.38. The van der Waals surface area contributed by atoms with Crippen LogP contribution in [0.3, 0.4) is 0 Å². The van der Waals surface area contributed by atoms with Crippen molar-refractivity contribution in [3.05, 3.63) is 58.0 Å². The van der Waals surface area contributed by atoms with Crippen molar-refractivity contribution in [1.82, 2.24) is 4.98 Å². The van der Waals surface area contributed by atoms with Crippen molar-refractivity contribution in [2.75, 3.05) is 12.1 Å². The van der Waals surface area contributed by atoms with Crippen molar-refractivity contribution in [2.45, 2.75) is 6.92 Å². The number of nitrogens with zero attached hydrogens (tertiary/aromatic N) is 2. The van der Waals surface area contributed by atoms with Crippen LogP contribution in [0, 0.1) is 17.0 Å². The van der Waals surface area contributed by atoms with Crippen molar-refractivity contribution in [3.63, 3.8) is 0 Å². The Morgan fingerprint density at radius 3 is 2.81 bits per heavy atom. The second-order valence-electron chi connectivity index (χ2n) is 5.76. The topological polar surface area (TPSA) is 117 Å². The zero-order valence-electron chi connectivity index (χ0n) is 14.1. The van der Waals surface area contributed by atoms with Crippen LogP contribution in [-0.2, 0) is 4.79 Å². The molecule has 27 heavy (non-hydrogen) atoms. The lowest BCUT2D eigenvalue weighted by Gasteiger charge is -2.02. The van der Waals surface area contributed by atoms with Crippen molar-refractivity contribution in [2.24, 2.45) is 0 Å². The third-order valence-electron chi connectivity index (χ3n) is 3.89. The van der Waals surface area contributed by atoms with Crippen LogP contribution in [0.1, 0.15) is 11.5 Å². The maximum Gasteiger partial charge on any atom is 0.280 e. The third-order valence-corrected chi connectivity index (χ3v) is 3.89. The molecule has 0 atom stereocenters. The van der Waals surface area contributed by atoms with E-state index in [-0.39, 0.29) is 18.0 Å². The molecule has 0 radical (unpaired) electrons. The molecule has 3 aromatic rings. The van der Waals surface area contributed by atoms with Gasteiger partial charge in [0.05, 0.1) is 16.6 Å². The molecule has 4 rings (SSSR count). The number of hydrogen-bond donors (Lipinski definition) is 1. The van der Waals surface area contributed by atoms with E-state index in [1.807, 2.05) is 0 Å². The van der Waals surface area contributed by atoms with Crippen molar-refractivity contribution >= 4 is 34.5 Å². The first-order valence-electron chi connectivity index (χ1n) is 7.94. The Bertz CT molecular complexity index is 1100. The molecular formula is C18H13N3O6. The average molecular weight is 367 g/mol. The zero-order chi connectivity index (χ0) is 19.0. The standard InChI is InChI=1S/C18H13N3O6/c1-10-19-13-7-12(3-4-15(13)27-10)20-18(22)5-2-11-6-16-17(26-9-25-16)8-14(11)21(23)24/h2-8H,9H2,1H3,(H,20,22). The van der Waals surface area contributed by atoms with Crippen LogP contribution in [0.25, 0.3) is 17.2 Å². The molecular weight excluding hydrogens is 354 g/mol. The van der Waals surface area contributed by atoms with E-state index in [1.54, 1.807) is 25.1 Å².